The van der Waals surface area contributed by atoms with Crippen LogP contribution >= 0.6 is 0 Å². The average Bonchev–Trinajstić information content (AvgIpc) is 3.46. The summed E-state index contributed by atoms with van der Waals surface area (Å²) in [7, 11) is 0. The summed E-state index contributed by atoms with van der Waals surface area (Å²) in [6.07, 6.45) is 1.85. The maximum atomic E-state index is 5.30. The lowest BCUT2D eigenvalue weighted by Gasteiger charge is -2.21. The van der Waals surface area contributed by atoms with Crippen LogP contribution in [0.25, 0.3) is 89.2 Å². The van der Waals surface area contributed by atoms with Crippen LogP contribution in [0.4, 0.5) is 0 Å². The smallest absolute Gasteiger partial charge is 0.166 e. The van der Waals surface area contributed by atoms with Crippen LogP contribution in [0.1, 0.15) is 25.0 Å². The van der Waals surface area contributed by atoms with Crippen molar-refractivity contribution in [2.45, 2.75) is 19.3 Å². The summed E-state index contributed by atoms with van der Waals surface area (Å²) in [6.45, 7) is 4.60. The largest absolute Gasteiger partial charge is 0.255 e. The third-order valence-corrected chi connectivity index (χ3v) is 10.8. The van der Waals surface area contributed by atoms with Crippen LogP contribution in [0.3, 0.4) is 0 Å². The van der Waals surface area contributed by atoms with Gasteiger partial charge in [-0.25, -0.2) is 15.0 Å². The Balaban J connectivity index is 1.22. The molecule has 0 fully saturated rings. The van der Waals surface area contributed by atoms with E-state index in [1.165, 1.54) is 38.8 Å². The number of nitrogens with zero attached hydrogens (tertiary/aromatic N) is 4. The number of rotatable bonds is 5. The van der Waals surface area contributed by atoms with Crippen LogP contribution in [0.2, 0.25) is 0 Å². The fourth-order valence-electron chi connectivity index (χ4n) is 8.20. The minimum Gasteiger partial charge on any atom is -0.255 e. The van der Waals surface area contributed by atoms with Crippen molar-refractivity contribution in [1.82, 2.24) is 19.9 Å². The molecule has 0 unspecified atom stereocenters. The molecule has 53 heavy (non-hydrogen) atoms. The maximum Gasteiger partial charge on any atom is 0.166 e. The first-order valence-electron chi connectivity index (χ1n) is 18.1. The molecule has 2 aromatic heterocycles. The van der Waals surface area contributed by atoms with E-state index in [-0.39, 0.29) is 5.41 Å². The zero-order valence-electron chi connectivity index (χ0n) is 29.5. The standard InChI is InChI=1S/C49H34N4/c1-49(2)42-23-10-9-19-39(42)44-40(21-12-24-43(44)49)47-51-46(34-25-26-37-33(30-34)18-11-20-35(37)31-14-5-3-6-15-31)52-48(53-47)41-28-27-36(32-16-7-4-8-17-32)38-22-13-29-50-45(38)41/h3-30H,1-2H3. The summed E-state index contributed by atoms with van der Waals surface area (Å²) in [5.41, 5.74) is 13.1. The second kappa shape index (κ2) is 12.2. The van der Waals surface area contributed by atoms with Gasteiger partial charge in [0.25, 0.3) is 0 Å². The average molecular weight is 679 g/mol. The first-order valence-corrected chi connectivity index (χ1v) is 18.1. The van der Waals surface area contributed by atoms with Gasteiger partial charge in [-0.1, -0.05) is 159 Å². The van der Waals surface area contributed by atoms with Gasteiger partial charge >= 0.3 is 0 Å². The van der Waals surface area contributed by atoms with Crippen LogP contribution in [0.15, 0.2) is 170 Å². The first kappa shape index (κ1) is 31.0. The maximum absolute atomic E-state index is 5.30. The topological polar surface area (TPSA) is 51.6 Å². The molecule has 1 aliphatic carbocycles. The summed E-state index contributed by atoms with van der Waals surface area (Å²) in [4.78, 5) is 20.8. The molecule has 9 aromatic rings. The second-order valence-electron chi connectivity index (χ2n) is 14.2. The van der Waals surface area contributed by atoms with Crippen molar-refractivity contribution < 1.29 is 0 Å². The van der Waals surface area contributed by atoms with Gasteiger partial charge in [-0.05, 0) is 73.5 Å². The van der Waals surface area contributed by atoms with Gasteiger partial charge in [-0.2, -0.15) is 0 Å². The highest BCUT2D eigenvalue weighted by atomic mass is 15.0. The molecule has 10 rings (SSSR count). The summed E-state index contributed by atoms with van der Waals surface area (Å²) >= 11 is 0. The molecular weight excluding hydrogens is 645 g/mol. The number of aromatic nitrogens is 4. The van der Waals surface area contributed by atoms with Gasteiger partial charge in [0, 0.05) is 33.7 Å². The number of hydrogen-bond donors (Lipinski definition) is 0. The molecule has 0 aliphatic heterocycles. The van der Waals surface area contributed by atoms with Crippen molar-refractivity contribution >= 4 is 21.7 Å². The molecule has 0 spiro atoms. The third kappa shape index (κ3) is 5.06. The Morgan fingerprint density at radius 1 is 0.396 bits per heavy atom. The highest BCUT2D eigenvalue weighted by Gasteiger charge is 2.37. The van der Waals surface area contributed by atoms with Gasteiger partial charge in [-0.15, -0.1) is 0 Å². The highest BCUT2D eigenvalue weighted by molar-refractivity contribution is 6.02. The molecule has 4 heteroatoms. The number of benzene rings is 7. The molecule has 0 radical (unpaired) electrons. The van der Waals surface area contributed by atoms with Crippen molar-refractivity contribution in [2.24, 2.45) is 0 Å². The molecule has 0 N–H and O–H groups in total. The molecule has 0 bridgehead atoms. The Hall–Kier alpha value is -6.78. The number of fused-ring (bicyclic) bond motifs is 5. The molecule has 0 saturated heterocycles. The minimum atomic E-state index is -0.150. The zero-order valence-corrected chi connectivity index (χ0v) is 29.5. The van der Waals surface area contributed by atoms with Crippen molar-refractivity contribution in [3.8, 4) is 67.5 Å². The monoisotopic (exact) mass is 678 g/mol. The fourth-order valence-corrected chi connectivity index (χ4v) is 8.20. The summed E-state index contributed by atoms with van der Waals surface area (Å²) in [6, 6.07) is 57.7. The van der Waals surface area contributed by atoms with Gasteiger partial charge < -0.3 is 0 Å². The third-order valence-electron chi connectivity index (χ3n) is 10.8. The SMILES string of the molecule is CC1(C)c2ccccc2-c2c(-c3nc(-c4ccc5c(-c6ccccc6)cccc5c4)nc(-c4ccc(-c5ccccc5)c5cccnc45)n3)cccc21. The number of pyridine rings is 1. The molecule has 0 saturated carbocycles. The Morgan fingerprint density at radius 2 is 1.00 bits per heavy atom. The molecule has 0 amide bonds. The Morgan fingerprint density at radius 3 is 1.79 bits per heavy atom. The first-order chi connectivity index (χ1) is 26.0. The van der Waals surface area contributed by atoms with E-state index >= 15 is 0 Å². The molecular formula is C49H34N4. The van der Waals surface area contributed by atoms with Gasteiger partial charge in [0.1, 0.15) is 0 Å². The van der Waals surface area contributed by atoms with Gasteiger partial charge in [0.15, 0.2) is 17.5 Å². The van der Waals surface area contributed by atoms with E-state index < -0.39 is 0 Å². The van der Waals surface area contributed by atoms with E-state index in [9.17, 15) is 0 Å². The number of hydrogen-bond acceptors (Lipinski definition) is 4. The molecule has 0 atom stereocenters. The Kier molecular flexibility index (Phi) is 7.12. The summed E-state index contributed by atoms with van der Waals surface area (Å²) in [5, 5.41) is 3.36. The lowest BCUT2D eigenvalue weighted by atomic mass is 9.82. The molecule has 2 heterocycles. The lowest BCUT2D eigenvalue weighted by Crippen LogP contribution is -2.14. The lowest BCUT2D eigenvalue weighted by molar-refractivity contribution is 0.660. The minimum absolute atomic E-state index is 0.150. The van der Waals surface area contributed by atoms with Crippen LogP contribution in [-0.4, -0.2) is 19.9 Å². The zero-order chi connectivity index (χ0) is 35.5. The second-order valence-corrected chi connectivity index (χ2v) is 14.2. The summed E-state index contributed by atoms with van der Waals surface area (Å²) in [5.74, 6) is 1.86. The normalized spacial score (nSPS) is 12.9. The van der Waals surface area contributed by atoms with Crippen LogP contribution < -0.4 is 0 Å². The van der Waals surface area contributed by atoms with Gasteiger partial charge in [0.2, 0.25) is 0 Å². The van der Waals surface area contributed by atoms with Gasteiger partial charge in [-0.3, -0.25) is 4.98 Å². The van der Waals surface area contributed by atoms with Crippen molar-refractivity contribution in [2.75, 3.05) is 0 Å². The highest BCUT2D eigenvalue weighted by Crippen LogP contribution is 2.51. The summed E-state index contributed by atoms with van der Waals surface area (Å²) < 4.78 is 0. The quantitative estimate of drug-likeness (QED) is 0.182. The van der Waals surface area contributed by atoms with Gasteiger partial charge in [0.05, 0.1) is 5.52 Å². The Bertz CT molecular complexity index is 2860. The van der Waals surface area contributed by atoms with Crippen molar-refractivity contribution in [3.05, 3.63) is 181 Å². The van der Waals surface area contributed by atoms with E-state index in [1.54, 1.807) is 0 Å². The van der Waals surface area contributed by atoms with E-state index in [2.05, 4.69) is 166 Å². The molecule has 4 nitrogen and oxygen atoms in total. The van der Waals surface area contributed by atoms with E-state index in [4.69, 9.17) is 19.9 Å². The molecule has 7 aromatic carbocycles. The molecule has 1 aliphatic rings. The Labute approximate surface area is 308 Å². The predicted octanol–water partition coefficient (Wildman–Crippen LogP) is 12.2. The van der Waals surface area contributed by atoms with Crippen LogP contribution in [-0.2, 0) is 5.41 Å². The van der Waals surface area contributed by atoms with E-state index in [0.29, 0.717) is 17.5 Å². The van der Waals surface area contributed by atoms with Crippen molar-refractivity contribution in [3.63, 3.8) is 0 Å². The van der Waals surface area contributed by atoms with Crippen molar-refractivity contribution in [1.29, 1.82) is 0 Å². The van der Waals surface area contributed by atoms with Crippen LogP contribution in [0, 0.1) is 0 Å². The van der Waals surface area contributed by atoms with E-state index in [1.807, 2.05) is 18.3 Å². The van der Waals surface area contributed by atoms with E-state index in [0.717, 1.165) is 44.1 Å². The van der Waals surface area contributed by atoms with Crippen LogP contribution in [0.5, 0.6) is 0 Å². The predicted molar refractivity (Wildman–Crippen MR) is 217 cm³/mol. The molecule has 250 valence electrons. The fraction of sp³-hybridized carbons (Fsp3) is 0.0612.